The van der Waals surface area contributed by atoms with Crippen molar-refractivity contribution in [3.63, 3.8) is 0 Å². The molecule has 1 aliphatic rings. The van der Waals surface area contributed by atoms with E-state index in [1.54, 1.807) is 0 Å². The molecule has 1 aromatic heterocycles. The van der Waals surface area contributed by atoms with Crippen LogP contribution < -0.4 is 10.2 Å². The summed E-state index contributed by atoms with van der Waals surface area (Å²) in [6, 6.07) is 8.22. The maximum absolute atomic E-state index is 12.1. The third-order valence-electron chi connectivity index (χ3n) is 4.35. The number of amides is 1. The molecule has 1 amide bonds. The molecule has 1 saturated carbocycles. The highest BCUT2D eigenvalue weighted by Crippen LogP contribution is 2.19. The van der Waals surface area contributed by atoms with Gasteiger partial charge >= 0.3 is 0 Å². The van der Waals surface area contributed by atoms with Crippen molar-refractivity contribution in [2.75, 3.05) is 19.0 Å². The van der Waals surface area contributed by atoms with Gasteiger partial charge < -0.3 is 10.2 Å². The number of hydrogen-bond donors (Lipinski definition) is 1. The number of tetrazole rings is 1. The number of hydrogen-bond acceptors (Lipinski definition) is 5. The zero-order chi connectivity index (χ0) is 16.9. The molecule has 0 atom stereocenters. The lowest BCUT2D eigenvalue weighted by atomic mass is 9.95. The molecule has 7 heteroatoms. The van der Waals surface area contributed by atoms with Gasteiger partial charge in [-0.2, -0.15) is 4.80 Å². The third kappa shape index (κ3) is 4.10. The third-order valence-corrected chi connectivity index (χ3v) is 4.35. The molecule has 0 bridgehead atoms. The first-order chi connectivity index (χ1) is 11.6. The maximum atomic E-state index is 12.1. The quantitative estimate of drug-likeness (QED) is 0.906. The Morgan fingerprint density at radius 2 is 1.92 bits per heavy atom. The zero-order valence-electron chi connectivity index (χ0n) is 14.3. The molecule has 0 unspecified atom stereocenters. The van der Waals surface area contributed by atoms with E-state index in [1.807, 2.05) is 43.3 Å². The second-order valence-electron chi connectivity index (χ2n) is 6.49. The van der Waals surface area contributed by atoms with Crippen LogP contribution in [-0.4, -0.2) is 46.3 Å². The molecule has 2 aromatic rings. The summed E-state index contributed by atoms with van der Waals surface area (Å²) < 4.78 is 0. The molecular formula is C17H24N6O. The number of carbonyl (C=O) groups excluding carboxylic acids is 1. The van der Waals surface area contributed by atoms with E-state index in [0.717, 1.165) is 24.1 Å². The van der Waals surface area contributed by atoms with Gasteiger partial charge in [-0.15, -0.1) is 10.2 Å². The van der Waals surface area contributed by atoms with Gasteiger partial charge in [0.25, 0.3) is 0 Å². The van der Waals surface area contributed by atoms with Crippen molar-refractivity contribution in [1.29, 1.82) is 0 Å². The van der Waals surface area contributed by atoms with E-state index in [1.165, 1.54) is 24.1 Å². The summed E-state index contributed by atoms with van der Waals surface area (Å²) in [7, 11) is 3.99. The zero-order valence-corrected chi connectivity index (χ0v) is 14.3. The van der Waals surface area contributed by atoms with Gasteiger partial charge in [-0.3, -0.25) is 4.79 Å². The van der Waals surface area contributed by atoms with Crippen LogP contribution in [0, 0.1) is 0 Å². The van der Waals surface area contributed by atoms with Gasteiger partial charge in [0.1, 0.15) is 6.54 Å². The van der Waals surface area contributed by atoms with Crippen LogP contribution in [0.3, 0.4) is 0 Å². The number of nitrogens with zero attached hydrogens (tertiary/aromatic N) is 5. The van der Waals surface area contributed by atoms with Gasteiger partial charge in [-0.05, 0) is 42.3 Å². The van der Waals surface area contributed by atoms with Gasteiger partial charge in [-0.1, -0.05) is 19.3 Å². The van der Waals surface area contributed by atoms with Gasteiger partial charge in [0, 0.05) is 31.4 Å². The number of aromatic nitrogens is 4. The molecule has 24 heavy (non-hydrogen) atoms. The largest absolute Gasteiger partial charge is 0.378 e. The highest BCUT2D eigenvalue weighted by molar-refractivity contribution is 5.75. The van der Waals surface area contributed by atoms with Crippen molar-refractivity contribution in [3.8, 4) is 11.4 Å². The monoisotopic (exact) mass is 328 g/mol. The van der Waals surface area contributed by atoms with Gasteiger partial charge in [0.2, 0.25) is 11.7 Å². The van der Waals surface area contributed by atoms with Crippen molar-refractivity contribution in [1.82, 2.24) is 25.5 Å². The smallest absolute Gasteiger partial charge is 0.243 e. The van der Waals surface area contributed by atoms with Crippen LogP contribution in [0.5, 0.6) is 0 Å². The fourth-order valence-corrected chi connectivity index (χ4v) is 2.98. The molecule has 1 aliphatic carbocycles. The SMILES string of the molecule is CN(C)c1ccc(-c2nnn(CC(=O)NC3CCCCC3)n2)cc1. The van der Waals surface area contributed by atoms with E-state index in [9.17, 15) is 4.79 Å². The van der Waals surface area contributed by atoms with Crippen molar-refractivity contribution < 1.29 is 4.79 Å². The van der Waals surface area contributed by atoms with Crippen LogP contribution in [-0.2, 0) is 11.3 Å². The Hall–Kier alpha value is -2.44. The Kier molecular flexibility index (Phi) is 5.08. The number of anilines is 1. The molecule has 128 valence electrons. The van der Waals surface area contributed by atoms with Crippen LogP contribution in [0.25, 0.3) is 11.4 Å². The van der Waals surface area contributed by atoms with Crippen molar-refractivity contribution in [3.05, 3.63) is 24.3 Å². The second-order valence-corrected chi connectivity index (χ2v) is 6.49. The predicted octanol–water partition coefficient (Wildman–Crippen LogP) is 1.85. The van der Waals surface area contributed by atoms with Crippen LogP contribution in [0.4, 0.5) is 5.69 Å². The Morgan fingerprint density at radius 1 is 1.21 bits per heavy atom. The second kappa shape index (κ2) is 7.42. The number of benzene rings is 1. The summed E-state index contributed by atoms with van der Waals surface area (Å²) in [4.78, 5) is 15.5. The summed E-state index contributed by atoms with van der Waals surface area (Å²) in [6.07, 6.45) is 5.80. The highest BCUT2D eigenvalue weighted by atomic mass is 16.2. The minimum Gasteiger partial charge on any atom is -0.378 e. The minimum atomic E-state index is -0.0474. The molecule has 1 heterocycles. The summed E-state index contributed by atoms with van der Waals surface area (Å²) >= 11 is 0. The highest BCUT2D eigenvalue weighted by Gasteiger charge is 2.16. The molecule has 1 aromatic carbocycles. The molecule has 1 fully saturated rings. The molecular weight excluding hydrogens is 304 g/mol. The van der Waals surface area contributed by atoms with Crippen molar-refractivity contribution in [2.45, 2.75) is 44.7 Å². The minimum absolute atomic E-state index is 0.0474. The lowest BCUT2D eigenvalue weighted by Gasteiger charge is -2.22. The van der Waals surface area contributed by atoms with E-state index in [-0.39, 0.29) is 12.5 Å². The van der Waals surface area contributed by atoms with E-state index in [4.69, 9.17) is 0 Å². The van der Waals surface area contributed by atoms with E-state index in [0.29, 0.717) is 11.9 Å². The lowest BCUT2D eigenvalue weighted by Crippen LogP contribution is -2.38. The molecule has 0 radical (unpaired) electrons. The van der Waals surface area contributed by atoms with E-state index < -0.39 is 0 Å². The average Bonchev–Trinajstić information content (AvgIpc) is 3.04. The number of nitrogens with one attached hydrogen (secondary N) is 1. The molecule has 3 rings (SSSR count). The van der Waals surface area contributed by atoms with Crippen LogP contribution >= 0.6 is 0 Å². The first-order valence-electron chi connectivity index (χ1n) is 8.47. The number of rotatable bonds is 5. The van der Waals surface area contributed by atoms with Crippen molar-refractivity contribution >= 4 is 11.6 Å². The average molecular weight is 328 g/mol. The van der Waals surface area contributed by atoms with Gasteiger partial charge in [0.15, 0.2) is 0 Å². The first kappa shape index (κ1) is 16.4. The molecule has 7 nitrogen and oxygen atoms in total. The summed E-state index contributed by atoms with van der Waals surface area (Å²) in [5, 5.41) is 15.4. The Labute approximate surface area is 142 Å². The van der Waals surface area contributed by atoms with Crippen LogP contribution in [0.1, 0.15) is 32.1 Å². The molecule has 1 N–H and O–H groups in total. The standard InChI is InChI=1S/C17H24N6O/c1-22(2)15-10-8-13(9-11-15)17-19-21-23(20-17)12-16(24)18-14-6-4-3-5-7-14/h8-11,14H,3-7,12H2,1-2H3,(H,18,24). The predicted molar refractivity (Wildman–Crippen MR) is 92.6 cm³/mol. The number of carbonyl (C=O) groups is 1. The first-order valence-corrected chi connectivity index (χ1v) is 8.47. The Balaban J connectivity index is 1.59. The van der Waals surface area contributed by atoms with Crippen LogP contribution in [0.15, 0.2) is 24.3 Å². The molecule has 0 aliphatic heterocycles. The van der Waals surface area contributed by atoms with Crippen LogP contribution in [0.2, 0.25) is 0 Å². The topological polar surface area (TPSA) is 75.9 Å². The maximum Gasteiger partial charge on any atom is 0.243 e. The fourth-order valence-electron chi connectivity index (χ4n) is 2.98. The lowest BCUT2D eigenvalue weighted by molar-refractivity contribution is -0.123. The molecule has 0 spiro atoms. The normalized spacial score (nSPS) is 15.2. The summed E-state index contributed by atoms with van der Waals surface area (Å²) in [6.45, 7) is 0.110. The summed E-state index contributed by atoms with van der Waals surface area (Å²) in [5.41, 5.74) is 2.00. The Bertz CT molecular complexity index is 673. The van der Waals surface area contributed by atoms with E-state index >= 15 is 0 Å². The molecule has 0 saturated heterocycles. The fraction of sp³-hybridized carbons (Fsp3) is 0.529. The summed E-state index contributed by atoms with van der Waals surface area (Å²) in [5.74, 6) is 0.486. The van der Waals surface area contributed by atoms with E-state index in [2.05, 4.69) is 20.7 Å². The van der Waals surface area contributed by atoms with Crippen molar-refractivity contribution in [2.24, 2.45) is 0 Å². The van der Waals surface area contributed by atoms with Gasteiger partial charge in [-0.25, -0.2) is 0 Å². The van der Waals surface area contributed by atoms with Gasteiger partial charge in [0.05, 0.1) is 0 Å². The Morgan fingerprint density at radius 3 is 2.58 bits per heavy atom.